The molecule has 0 saturated carbocycles. The topological polar surface area (TPSA) is 67.5 Å². The molecule has 3 aromatic rings. The quantitative estimate of drug-likeness (QED) is 0.740. The van der Waals surface area contributed by atoms with Crippen LogP contribution in [0.2, 0.25) is 0 Å². The largest absolute Gasteiger partial charge is 0.497 e. The molecule has 0 radical (unpaired) electrons. The Balaban J connectivity index is 1.96. The number of aromatic nitrogens is 2. The van der Waals surface area contributed by atoms with E-state index in [0.717, 1.165) is 53.9 Å². The van der Waals surface area contributed by atoms with Crippen LogP contribution in [0, 0.1) is 0 Å². The van der Waals surface area contributed by atoms with E-state index in [-0.39, 0.29) is 5.97 Å². The summed E-state index contributed by atoms with van der Waals surface area (Å²) in [7, 11) is 3.04. The van der Waals surface area contributed by atoms with Gasteiger partial charge >= 0.3 is 5.97 Å². The maximum atomic E-state index is 12.3. The Labute approximate surface area is 145 Å². The van der Waals surface area contributed by atoms with Gasteiger partial charge in [0, 0.05) is 24.5 Å². The summed E-state index contributed by atoms with van der Waals surface area (Å²) in [4.78, 5) is 22.8. The van der Waals surface area contributed by atoms with Crippen molar-refractivity contribution in [1.82, 2.24) is 9.97 Å². The number of piperidine rings is 1. The van der Waals surface area contributed by atoms with Crippen LogP contribution in [-0.4, -0.2) is 43.2 Å². The fourth-order valence-corrected chi connectivity index (χ4v) is 3.50. The van der Waals surface area contributed by atoms with E-state index in [2.05, 4.69) is 9.88 Å². The molecule has 0 atom stereocenters. The second-order valence-corrected chi connectivity index (χ2v) is 6.33. The van der Waals surface area contributed by atoms with Crippen molar-refractivity contribution < 1.29 is 14.3 Å². The van der Waals surface area contributed by atoms with Crippen molar-refractivity contribution in [2.24, 2.45) is 0 Å². The van der Waals surface area contributed by atoms with Gasteiger partial charge in [0.2, 0.25) is 0 Å². The number of methoxy groups -OCH3 is 2. The molecule has 6 heteroatoms. The lowest BCUT2D eigenvalue weighted by Crippen LogP contribution is -2.30. The van der Waals surface area contributed by atoms with Gasteiger partial charge in [-0.1, -0.05) is 0 Å². The van der Waals surface area contributed by atoms with Crippen LogP contribution in [-0.2, 0) is 4.74 Å². The number of pyridine rings is 1. The van der Waals surface area contributed by atoms with Crippen molar-refractivity contribution in [3.8, 4) is 5.75 Å². The minimum atomic E-state index is -0.357. The number of carbonyl (C=O) groups is 1. The van der Waals surface area contributed by atoms with Crippen LogP contribution in [0.1, 0.15) is 29.6 Å². The molecule has 0 amide bonds. The Hall–Kier alpha value is -2.76. The molecule has 0 spiro atoms. The highest BCUT2D eigenvalue weighted by molar-refractivity contribution is 6.13. The monoisotopic (exact) mass is 339 g/mol. The van der Waals surface area contributed by atoms with Gasteiger partial charge in [0.05, 0.1) is 36.3 Å². The average Bonchev–Trinajstić information content (AvgIpc) is 3.04. The van der Waals surface area contributed by atoms with Gasteiger partial charge in [-0.25, -0.2) is 9.78 Å². The fourth-order valence-electron chi connectivity index (χ4n) is 3.50. The molecule has 4 rings (SSSR count). The van der Waals surface area contributed by atoms with Gasteiger partial charge in [-0.15, -0.1) is 0 Å². The Morgan fingerprint density at radius 2 is 1.96 bits per heavy atom. The van der Waals surface area contributed by atoms with Crippen LogP contribution in [0.25, 0.3) is 21.9 Å². The lowest BCUT2D eigenvalue weighted by molar-refractivity contribution is 0.0602. The number of fused-ring (bicyclic) bond motifs is 3. The van der Waals surface area contributed by atoms with Crippen LogP contribution in [0.3, 0.4) is 0 Å². The van der Waals surface area contributed by atoms with Crippen molar-refractivity contribution in [2.75, 3.05) is 32.2 Å². The molecule has 0 unspecified atom stereocenters. The van der Waals surface area contributed by atoms with E-state index in [1.165, 1.54) is 13.5 Å². The second-order valence-electron chi connectivity index (χ2n) is 6.33. The third-order valence-corrected chi connectivity index (χ3v) is 4.83. The van der Waals surface area contributed by atoms with Crippen LogP contribution in [0.15, 0.2) is 24.3 Å². The standard InChI is InChI=1S/C19H21N3O3/c1-24-12-6-7-13-15(10-12)20-18-14(19(23)25-2)11-16(21-17(13)18)22-8-4-3-5-9-22/h6-7,10-11,20H,3-5,8-9H2,1-2H3. The van der Waals surface area contributed by atoms with Gasteiger partial charge in [0.1, 0.15) is 11.6 Å². The number of carbonyl (C=O) groups excluding carboxylic acids is 1. The van der Waals surface area contributed by atoms with Gasteiger partial charge in [0.25, 0.3) is 0 Å². The summed E-state index contributed by atoms with van der Waals surface area (Å²) in [5, 5.41) is 0.972. The zero-order valence-electron chi connectivity index (χ0n) is 14.5. The zero-order chi connectivity index (χ0) is 17.4. The summed E-state index contributed by atoms with van der Waals surface area (Å²) in [5.74, 6) is 1.24. The van der Waals surface area contributed by atoms with Gasteiger partial charge in [-0.05, 0) is 37.5 Å². The number of nitrogens with zero attached hydrogens (tertiary/aromatic N) is 2. The Kier molecular flexibility index (Phi) is 3.95. The van der Waals surface area contributed by atoms with E-state index in [1.807, 2.05) is 24.3 Å². The van der Waals surface area contributed by atoms with Gasteiger partial charge in [-0.2, -0.15) is 0 Å². The highest BCUT2D eigenvalue weighted by atomic mass is 16.5. The van der Waals surface area contributed by atoms with Crippen molar-refractivity contribution in [3.05, 3.63) is 29.8 Å². The molecule has 0 bridgehead atoms. The van der Waals surface area contributed by atoms with Crippen LogP contribution in [0.4, 0.5) is 5.82 Å². The van der Waals surface area contributed by atoms with Crippen LogP contribution in [0.5, 0.6) is 5.75 Å². The molecular weight excluding hydrogens is 318 g/mol. The van der Waals surface area contributed by atoms with Gasteiger partial charge in [-0.3, -0.25) is 0 Å². The Morgan fingerprint density at radius 1 is 1.16 bits per heavy atom. The van der Waals surface area contributed by atoms with Crippen LogP contribution >= 0.6 is 0 Å². The Bertz CT molecular complexity index is 942. The number of nitrogens with one attached hydrogen (secondary N) is 1. The van der Waals surface area contributed by atoms with Gasteiger partial charge < -0.3 is 19.4 Å². The van der Waals surface area contributed by atoms with E-state index < -0.39 is 0 Å². The zero-order valence-corrected chi connectivity index (χ0v) is 14.5. The average molecular weight is 339 g/mol. The van der Waals surface area contributed by atoms with Crippen LogP contribution < -0.4 is 9.64 Å². The summed E-state index contributed by atoms with van der Waals surface area (Å²) in [6, 6.07) is 7.63. The number of hydrogen-bond acceptors (Lipinski definition) is 5. The minimum Gasteiger partial charge on any atom is -0.497 e. The molecule has 25 heavy (non-hydrogen) atoms. The summed E-state index contributed by atoms with van der Waals surface area (Å²) in [5.41, 5.74) is 2.91. The number of anilines is 1. The normalized spacial score (nSPS) is 14.9. The Morgan fingerprint density at radius 3 is 2.68 bits per heavy atom. The number of H-pyrrole nitrogens is 1. The summed E-state index contributed by atoms with van der Waals surface area (Å²) in [6.07, 6.45) is 3.55. The summed E-state index contributed by atoms with van der Waals surface area (Å²) >= 11 is 0. The lowest BCUT2D eigenvalue weighted by Gasteiger charge is -2.28. The second kappa shape index (κ2) is 6.27. The van der Waals surface area contributed by atoms with Crippen molar-refractivity contribution in [3.63, 3.8) is 0 Å². The van der Waals surface area contributed by atoms with E-state index in [0.29, 0.717) is 11.1 Å². The number of rotatable bonds is 3. The molecule has 1 aliphatic heterocycles. The van der Waals surface area contributed by atoms with Crippen molar-refractivity contribution in [2.45, 2.75) is 19.3 Å². The molecule has 3 heterocycles. The molecule has 1 saturated heterocycles. The first-order valence-electron chi connectivity index (χ1n) is 8.55. The first kappa shape index (κ1) is 15.7. The molecule has 1 aromatic carbocycles. The minimum absolute atomic E-state index is 0.357. The van der Waals surface area contributed by atoms with Crippen molar-refractivity contribution in [1.29, 1.82) is 0 Å². The maximum absolute atomic E-state index is 12.3. The predicted molar refractivity (Wildman–Crippen MR) is 97.6 cm³/mol. The molecule has 1 fully saturated rings. The highest BCUT2D eigenvalue weighted by Crippen LogP contribution is 2.32. The molecule has 0 aliphatic carbocycles. The number of esters is 1. The predicted octanol–water partition coefficient (Wildman–Crippen LogP) is 3.50. The number of hydrogen-bond donors (Lipinski definition) is 1. The molecular formula is C19H21N3O3. The van der Waals surface area contributed by atoms with E-state index in [1.54, 1.807) is 7.11 Å². The molecule has 1 aliphatic rings. The smallest absolute Gasteiger partial charge is 0.340 e. The van der Waals surface area contributed by atoms with Crippen molar-refractivity contribution >= 4 is 33.7 Å². The third kappa shape index (κ3) is 2.67. The maximum Gasteiger partial charge on any atom is 0.340 e. The number of aromatic amines is 1. The molecule has 1 N–H and O–H groups in total. The number of benzene rings is 1. The van der Waals surface area contributed by atoms with E-state index >= 15 is 0 Å². The lowest BCUT2D eigenvalue weighted by atomic mass is 10.1. The SMILES string of the molecule is COC(=O)c1cc(N2CCCCC2)nc2c1[nH]c1cc(OC)ccc12. The third-order valence-electron chi connectivity index (χ3n) is 4.83. The summed E-state index contributed by atoms with van der Waals surface area (Å²) in [6.45, 7) is 1.94. The molecule has 6 nitrogen and oxygen atoms in total. The first-order valence-corrected chi connectivity index (χ1v) is 8.55. The number of ether oxygens (including phenoxy) is 2. The van der Waals surface area contributed by atoms with E-state index in [4.69, 9.17) is 14.5 Å². The van der Waals surface area contributed by atoms with E-state index in [9.17, 15) is 4.79 Å². The highest BCUT2D eigenvalue weighted by Gasteiger charge is 2.21. The van der Waals surface area contributed by atoms with Gasteiger partial charge in [0.15, 0.2) is 0 Å². The first-order chi connectivity index (χ1) is 12.2. The molecule has 130 valence electrons. The summed E-state index contributed by atoms with van der Waals surface area (Å²) < 4.78 is 10.3. The molecule has 2 aromatic heterocycles. The fraction of sp³-hybridized carbons (Fsp3) is 0.368.